The Bertz CT molecular complexity index is 158. The standard InChI is InChI=1S/C5H9NO2S/c1-2-3(7)4(6)5(8)9/h2,7-9H,6H2,1H3/b3-2+,5-4+. The van der Waals surface area contributed by atoms with Gasteiger partial charge in [0.1, 0.15) is 11.5 Å². The first-order chi connectivity index (χ1) is 4.09. The smallest absolute Gasteiger partial charge is 0.174 e. The predicted molar refractivity (Wildman–Crippen MR) is 39.2 cm³/mol. The van der Waals surface area contributed by atoms with Crippen LogP contribution in [-0.4, -0.2) is 10.2 Å². The van der Waals surface area contributed by atoms with E-state index in [1.807, 2.05) is 0 Å². The zero-order chi connectivity index (χ0) is 7.44. The molecule has 0 aromatic carbocycles. The van der Waals surface area contributed by atoms with Crippen molar-refractivity contribution in [1.82, 2.24) is 0 Å². The van der Waals surface area contributed by atoms with Crippen LogP contribution in [0.2, 0.25) is 0 Å². The summed E-state index contributed by atoms with van der Waals surface area (Å²) in [5, 5.41) is 16.9. The Balaban J connectivity index is 4.40. The highest BCUT2D eigenvalue weighted by atomic mass is 32.1. The molecule has 0 unspecified atom stereocenters. The highest BCUT2D eigenvalue weighted by Gasteiger charge is 1.99. The van der Waals surface area contributed by atoms with Gasteiger partial charge >= 0.3 is 0 Å². The Morgan fingerprint density at radius 3 is 2.11 bits per heavy atom. The van der Waals surface area contributed by atoms with Crippen LogP contribution in [-0.2, 0) is 0 Å². The van der Waals surface area contributed by atoms with Gasteiger partial charge in [0.25, 0.3) is 0 Å². The molecule has 0 saturated heterocycles. The van der Waals surface area contributed by atoms with Crippen molar-refractivity contribution < 1.29 is 10.2 Å². The van der Waals surface area contributed by atoms with Crippen molar-refractivity contribution in [1.29, 1.82) is 0 Å². The van der Waals surface area contributed by atoms with Gasteiger partial charge in [0.2, 0.25) is 0 Å². The molecule has 0 heterocycles. The maximum Gasteiger partial charge on any atom is 0.174 e. The summed E-state index contributed by atoms with van der Waals surface area (Å²) in [6.07, 6.45) is 1.36. The molecule has 9 heavy (non-hydrogen) atoms. The Morgan fingerprint density at radius 2 is 2.00 bits per heavy atom. The normalized spacial score (nSPS) is 15.1. The van der Waals surface area contributed by atoms with Crippen LogP contribution < -0.4 is 5.73 Å². The summed E-state index contributed by atoms with van der Waals surface area (Å²) in [4.78, 5) is 0. The first-order valence-corrected chi connectivity index (χ1v) is 2.77. The average molecular weight is 147 g/mol. The second-order valence-corrected chi connectivity index (χ2v) is 1.83. The van der Waals surface area contributed by atoms with Gasteiger partial charge in [-0.2, -0.15) is 0 Å². The van der Waals surface area contributed by atoms with Crippen molar-refractivity contribution in [3.05, 3.63) is 22.6 Å². The number of hydrogen-bond donors (Lipinski definition) is 4. The molecular formula is C5H9NO2S. The van der Waals surface area contributed by atoms with E-state index in [4.69, 9.17) is 15.9 Å². The number of aliphatic hydroxyl groups is 2. The van der Waals surface area contributed by atoms with Crippen molar-refractivity contribution in [2.45, 2.75) is 6.92 Å². The zero-order valence-electron chi connectivity index (χ0n) is 5.00. The first-order valence-electron chi connectivity index (χ1n) is 2.33. The van der Waals surface area contributed by atoms with Crippen molar-refractivity contribution in [2.24, 2.45) is 5.73 Å². The molecule has 0 radical (unpaired) electrons. The van der Waals surface area contributed by atoms with Gasteiger partial charge in [-0.1, -0.05) is 0 Å². The molecule has 4 N–H and O–H groups in total. The Labute approximate surface area is 58.9 Å². The fraction of sp³-hybridized carbons (Fsp3) is 0.200. The highest BCUT2D eigenvalue weighted by Crippen LogP contribution is 2.05. The van der Waals surface area contributed by atoms with Gasteiger partial charge in [0.05, 0.1) is 0 Å². The molecule has 0 aliphatic carbocycles. The average Bonchev–Trinajstić information content (AvgIpc) is 1.84. The van der Waals surface area contributed by atoms with Crippen LogP contribution >= 0.6 is 12.6 Å². The van der Waals surface area contributed by atoms with E-state index >= 15 is 0 Å². The van der Waals surface area contributed by atoms with Crippen molar-refractivity contribution in [3.8, 4) is 0 Å². The van der Waals surface area contributed by atoms with E-state index in [1.54, 1.807) is 6.92 Å². The van der Waals surface area contributed by atoms with Crippen LogP contribution in [0.5, 0.6) is 0 Å². The molecule has 0 atom stereocenters. The van der Waals surface area contributed by atoms with Gasteiger partial charge in [0.15, 0.2) is 5.09 Å². The Hall–Kier alpha value is -0.770. The molecule has 0 bridgehead atoms. The molecule has 52 valence electrons. The largest absolute Gasteiger partial charge is 0.506 e. The lowest BCUT2D eigenvalue weighted by Gasteiger charge is -1.97. The molecule has 0 aliphatic rings. The highest BCUT2D eigenvalue weighted by molar-refractivity contribution is 7.84. The van der Waals surface area contributed by atoms with Crippen LogP contribution in [0.1, 0.15) is 6.92 Å². The van der Waals surface area contributed by atoms with Crippen LogP contribution in [0.25, 0.3) is 0 Å². The maximum atomic E-state index is 8.77. The predicted octanol–water partition coefficient (Wildman–Crippen LogP) is 1.06. The number of hydrogen-bond acceptors (Lipinski definition) is 4. The molecule has 0 spiro atoms. The molecule has 0 rings (SSSR count). The first kappa shape index (κ1) is 8.23. The topological polar surface area (TPSA) is 66.5 Å². The van der Waals surface area contributed by atoms with Gasteiger partial charge in [-0.15, -0.1) is 12.6 Å². The lowest BCUT2D eigenvalue weighted by atomic mass is 10.4. The van der Waals surface area contributed by atoms with Crippen LogP contribution in [0, 0.1) is 0 Å². The number of thiol groups is 1. The number of aliphatic hydroxyl groups excluding tert-OH is 2. The lowest BCUT2D eigenvalue weighted by Crippen LogP contribution is -2.02. The van der Waals surface area contributed by atoms with E-state index < -0.39 is 0 Å². The second kappa shape index (κ2) is 3.29. The zero-order valence-corrected chi connectivity index (χ0v) is 5.89. The number of rotatable bonds is 1. The summed E-state index contributed by atoms with van der Waals surface area (Å²) >= 11 is 3.50. The minimum absolute atomic E-state index is 0.110. The number of nitrogens with two attached hydrogens (primary N) is 1. The summed E-state index contributed by atoms with van der Waals surface area (Å²) in [5.41, 5.74) is 5.00. The summed E-state index contributed by atoms with van der Waals surface area (Å²) in [6, 6.07) is 0. The Kier molecular flexibility index (Phi) is 3.01. The molecule has 0 aliphatic heterocycles. The van der Waals surface area contributed by atoms with Crippen molar-refractivity contribution >= 4 is 12.6 Å². The molecule has 0 saturated carbocycles. The van der Waals surface area contributed by atoms with E-state index in [9.17, 15) is 0 Å². The van der Waals surface area contributed by atoms with Gasteiger partial charge in [-0.25, -0.2) is 0 Å². The molecule has 0 fully saturated rings. The van der Waals surface area contributed by atoms with Crippen LogP contribution in [0.3, 0.4) is 0 Å². The molecule has 0 amide bonds. The summed E-state index contributed by atoms with van der Waals surface area (Å²) < 4.78 is 0. The molecule has 0 aromatic heterocycles. The molecule has 3 nitrogen and oxygen atoms in total. The van der Waals surface area contributed by atoms with Crippen molar-refractivity contribution in [2.75, 3.05) is 0 Å². The van der Waals surface area contributed by atoms with E-state index in [1.165, 1.54) is 6.08 Å². The van der Waals surface area contributed by atoms with E-state index in [-0.39, 0.29) is 16.5 Å². The molecule has 0 aromatic rings. The van der Waals surface area contributed by atoms with E-state index in [0.717, 1.165) is 0 Å². The fourth-order valence-corrected chi connectivity index (χ4v) is 0.385. The third-order valence-corrected chi connectivity index (χ3v) is 1.03. The van der Waals surface area contributed by atoms with E-state index in [0.29, 0.717) is 0 Å². The maximum absolute atomic E-state index is 8.77. The quantitative estimate of drug-likeness (QED) is 0.255. The minimum Gasteiger partial charge on any atom is -0.506 e. The van der Waals surface area contributed by atoms with Gasteiger partial charge in [0, 0.05) is 0 Å². The lowest BCUT2D eigenvalue weighted by molar-refractivity contribution is 0.400. The summed E-state index contributed by atoms with van der Waals surface area (Å²) in [5.74, 6) is -0.164. The van der Waals surface area contributed by atoms with Gasteiger partial charge in [-0.3, -0.25) is 0 Å². The van der Waals surface area contributed by atoms with Crippen LogP contribution in [0.15, 0.2) is 22.6 Å². The summed E-state index contributed by atoms with van der Waals surface area (Å²) in [7, 11) is 0. The van der Waals surface area contributed by atoms with Gasteiger partial charge < -0.3 is 15.9 Å². The van der Waals surface area contributed by atoms with E-state index in [2.05, 4.69) is 12.6 Å². The summed E-state index contributed by atoms with van der Waals surface area (Å²) in [6.45, 7) is 1.60. The van der Waals surface area contributed by atoms with Crippen molar-refractivity contribution in [3.63, 3.8) is 0 Å². The molecular weight excluding hydrogens is 138 g/mol. The minimum atomic E-state index is -0.370. The van der Waals surface area contributed by atoms with Crippen LogP contribution in [0.4, 0.5) is 0 Å². The third kappa shape index (κ3) is 2.32. The van der Waals surface area contributed by atoms with Gasteiger partial charge in [-0.05, 0) is 13.0 Å². The Morgan fingerprint density at radius 1 is 1.56 bits per heavy atom. The number of allylic oxidation sites excluding steroid dienone is 1. The molecule has 4 heteroatoms. The monoisotopic (exact) mass is 147 g/mol. The fourth-order valence-electron chi connectivity index (χ4n) is 0.270. The second-order valence-electron chi connectivity index (χ2n) is 1.41. The SMILES string of the molecule is C/C=C(O)\C(N)=C(\O)S. The third-order valence-electron chi connectivity index (χ3n) is 0.790.